The van der Waals surface area contributed by atoms with Gasteiger partial charge in [-0.3, -0.25) is 9.69 Å². The van der Waals surface area contributed by atoms with Gasteiger partial charge in [-0.1, -0.05) is 35.9 Å². The summed E-state index contributed by atoms with van der Waals surface area (Å²) in [5.74, 6) is 0.0660. The molecular weight excluding hydrogens is 310 g/mol. The standard InChI is InChI=1S/C21H27N3O/c1-16-8-9-19(18(3)14-16)22-21(25)15-23-10-12-24(13-11-23)20-7-5-4-6-17(20)2/h4-9,14H,10-13,15H2,1-3H3,(H,22,25). The molecule has 0 spiro atoms. The Kier molecular flexibility index (Phi) is 5.39. The van der Waals surface area contributed by atoms with Gasteiger partial charge in [-0.05, 0) is 44.0 Å². The van der Waals surface area contributed by atoms with Crippen LogP contribution < -0.4 is 10.2 Å². The molecule has 0 bridgehead atoms. The lowest BCUT2D eigenvalue weighted by molar-refractivity contribution is -0.117. The highest BCUT2D eigenvalue weighted by Crippen LogP contribution is 2.21. The highest BCUT2D eigenvalue weighted by molar-refractivity contribution is 5.93. The molecule has 25 heavy (non-hydrogen) atoms. The van der Waals surface area contributed by atoms with E-state index in [9.17, 15) is 4.79 Å². The zero-order valence-corrected chi connectivity index (χ0v) is 15.4. The van der Waals surface area contributed by atoms with Crippen LogP contribution in [0.3, 0.4) is 0 Å². The fourth-order valence-electron chi connectivity index (χ4n) is 3.41. The normalized spacial score (nSPS) is 15.2. The van der Waals surface area contributed by atoms with Crippen molar-refractivity contribution in [2.75, 3.05) is 42.9 Å². The van der Waals surface area contributed by atoms with E-state index in [0.29, 0.717) is 6.54 Å². The number of nitrogens with one attached hydrogen (secondary N) is 1. The minimum Gasteiger partial charge on any atom is -0.369 e. The number of hydrogen-bond donors (Lipinski definition) is 1. The molecule has 2 aromatic carbocycles. The van der Waals surface area contributed by atoms with Crippen LogP contribution in [0.5, 0.6) is 0 Å². The number of carbonyl (C=O) groups is 1. The number of aryl methyl sites for hydroxylation is 3. The van der Waals surface area contributed by atoms with Gasteiger partial charge in [0.25, 0.3) is 0 Å². The number of benzene rings is 2. The third kappa shape index (κ3) is 4.40. The van der Waals surface area contributed by atoms with Crippen LogP contribution in [0.4, 0.5) is 11.4 Å². The molecule has 0 aromatic heterocycles. The van der Waals surface area contributed by atoms with Gasteiger partial charge in [-0.2, -0.15) is 0 Å². The van der Waals surface area contributed by atoms with Crippen LogP contribution in [-0.2, 0) is 4.79 Å². The first kappa shape index (κ1) is 17.5. The van der Waals surface area contributed by atoms with Crippen molar-refractivity contribution in [2.24, 2.45) is 0 Å². The maximum absolute atomic E-state index is 12.4. The van der Waals surface area contributed by atoms with Gasteiger partial charge >= 0.3 is 0 Å². The van der Waals surface area contributed by atoms with Crippen LogP contribution in [0.15, 0.2) is 42.5 Å². The Morgan fingerprint density at radius 3 is 2.36 bits per heavy atom. The summed E-state index contributed by atoms with van der Waals surface area (Å²) in [7, 11) is 0. The predicted molar refractivity (Wildman–Crippen MR) is 104 cm³/mol. The number of para-hydroxylation sites is 1. The summed E-state index contributed by atoms with van der Waals surface area (Å²) >= 11 is 0. The maximum Gasteiger partial charge on any atom is 0.238 e. The number of anilines is 2. The Bertz CT molecular complexity index is 749. The van der Waals surface area contributed by atoms with E-state index in [1.807, 2.05) is 19.1 Å². The molecule has 0 atom stereocenters. The smallest absolute Gasteiger partial charge is 0.238 e. The molecule has 132 valence electrons. The number of amides is 1. The monoisotopic (exact) mass is 337 g/mol. The molecule has 0 radical (unpaired) electrons. The highest BCUT2D eigenvalue weighted by Gasteiger charge is 2.20. The number of nitrogens with zero attached hydrogens (tertiary/aromatic N) is 2. The summed E-state index contributed by atoms with van der Waals surface area (Å²) in [6.07, 6.45) is 0. The topological polar surface area (TPSA) is 35.6 Å². The highest BCUT2D eigenvalue weighted by atomic mass is 16.2. The summed E-state index contributed by atoms with van der Waals surface area (Å²) in [5.41, 5.74) is 5.85. The Morgan fingerprint density at radius 2 is 1.68 bits per heavy atom. The van der Waals surface area contributed by atoms with Crippen molar-refractivity contribution in [3.8, 4) is 0 Å². The maximum atomic E-state index is 12.4. The zero-order chi connectivity index (χ0) is 17.8. The summed E-state index contributed by atoms with van der Waals surface area (Å²) < 4.78 is 0. The van der Waals surface area contributed by atoms with Crippen molar-refractivity contribution in [1.82, 2.24) is 4.90 Å². The molecule has 1 aliphatic heterocycles. The molecule has 4 nitrogen and oxygen atoms in total. The van der Waals surface area contributed by atoms with Gasteiger partial charge in [-0.25, -0.2) is 0 Å². The molecule has 3 rings (SSSR count). The first-order chi connectivity index (χ1) is 12.0. The largest absolute Gasteiger partial charge is 0.369 e. The van der Waals surface area contributed by atoms with Gasteiger partial charge < -0.3 is 10.2 Å². The summed E-state index contributed by atoms with van der Waals surface area (Å²) in [6, 6.07) is 14.6. The lowest BCUT2D eigenvalue weighted by Gasteiger charge is -2.36. The Hall–Kier alpha value is -2.33. The molecule has 1 fully saturated rings. The lowest BCUT2D eigenvalue weighted by atomic mass is 10.1. The third-order valence-electron chi connectivity index (χ3n) is 4.85. The fraction of sp³-hybridized carbons (Fsp3) is 0.381. The van der Waals surface area contributed by atoms with Crippen molar-refractivity contribution in [2.45, 2.75) is 20.8 Å². The molecule has 1 amide bonds. The molecule has 0 saturated carbocycles. The molecular formula is C21H27N3O. The van der Waals surface area contributed by atoms with Crippen molar-refractivity contribution in [3.05, 3.63) is 59.2 Å². The van der Waals surface area contributed by atoms with E-state index in [1.165, 1.54) is 16.8 Å². The van der Waals surface area contributed by atoms with Crippen LogP contribution in [0, 0.1) is 20.8 Å². The average Bonchev–Trinajstić information content (AvgIpc) is 2.59. The molecule has 1 N–H and O–H groups in total. The molecule has 0 unspecified atom stereocenters. The van der Waals surface area contributed by atoms with Crippen molar-refractivity contribution in [1.29, 1.82) is 0 Å². The fourth-order valence-corrected chi connectivity index (χ4v) is 3.41. The van der Waals surface area contributed by atoms with Gasteiger partial charge in [-0.15, -0.1) is 0 Å². The molecule has 4 heteroatoms. The van der Waals surface area contributed by atoms with Crippen LogP contribution in [-0.4, -0.2) is 43.5 Å². The Labute approximate surface area is 150 Å². The van der Waals surface area contributed by atoms with Crippen LogP contribution in [0.1, 0.15) is 16.7 Å². The van der Waals surface area contributed by atoms with Crippen molar-refractivity contribution >= 4 is 17.3 Å². The first-order valence-corrected chi connectivity index (χ1v) is 8.93. The van der Waals surface area contributed by atoms with Crippen LogP contribution in [0.2, 0.25) is 0 Å². The predicted octanol–water partition coefficient (Wildman–Crippen LogP) is 3.37. The van der Waals surface area contributed by atoms with E-state index in [1.54, 1.807) is 0 Å². The summed E-state index contributed by atoms with van der Waals surface area (Å²) in [5, 5.41) is 3.04. The summed E-state index contributed by atoms with van der Waals surface area (Å²) in [6.45, 7) is 10.4. The van der Waals surface area contributed by atoms with E-state index >= 15 is 0 Å². The SMILES string of the molecule is Cc1ccc(NC(=O)CN2CCN(c3ccccc3C)CC2)c(C)c1. The Balaban J connectivity index is 1.52. The van der Waals surface area contributed by atoms with E-state index in [0.717, 1.165) is 37.4 Å². The third-order valence-corrected chi connectivity index (χ3v) is 4.85. The number of carbonyl (C=O) groups excluding carboxylic acids is 1. The van der Waals surface area contributed by atoms with Gasteiger partial charge in [0, 0.05) is 37.6 Å². The number of hydrogen-bond acceptors (Lipinski definition) is 3. The molecule has 1 heterocycles. The Morgan fingerprint density at radius 1 is 0.960 bits per heavy atom. The summed E-state index contributed by atoms with van der Waals surface area (Å²) in [4.78, 5) is 17.0. The minimum absolute atomic E-state index is 0.0660. The van der Waals surface area contributed by atoms with Crippen molar-refractivity contribution in [3.63, 3.8) is 0 Å². The zero-order valence-electron chi connectivity index (χ0n) is 15.4. The second kappa shape index (κ2) is 7.70. The quantitative estimate of drug-likeness (QED) is 0.929. The number of rotatable bonds is 4. The van der Waals surface area contributed by atoms with E-state index in [4.69, 9.17) is 0 Å². The van der Waals surface area contributed by atoms with E-state index in [2.05, 4.69) is 59.3 Å². The van der Waals surface area contributed by atoms with E-state index < -0.39 is 0 Å². The molecule has 1 aliphatic rings. The minimum atomic E-state index is 0.0660. The lowest BCUT2D eigenvalue weighted by Crippen LogP contribution is -2.48. The first-order valence-electron chi connectivity index (χ1n) is 8.93. The number of piperazine rings is 1. The van der Waals surface area contributed by atoms with E-state index in [-0.39, 0.29) is 5.91 Å². The van der Waals surface area contributed by atoms with Crippen molar-refractivity contribution < 1.29 is 4.79 Å². The van der Waals surface area contributed by atoms with Gasteiger partial charge in [0.15, 0.2) is 0 Å². The van der Waals surface area contributed by atoms with Crippen LogP contribution >= 0.6 is 0 Å². The second-order valence-corrected chi connectivity index (χ2v) is 6.92. The second-order valence-electron chi connectivity index (χ2n) is 6.92. The molecule has 2 aromatic rings. The van der Waals surface area contributed by atoms with Crippen LogP contribution in [0.25, 0.3) is 0 Å². The molecule has 1 saturated heterocycles. The van der Waals surface area contributed by atoms with Gasteiger partial charge in [0.1, 0.15) is 0 Å². The van der Waals surface area contributed by atoms with Gasteiger partial charge in [0.05, 0.1) is 6.54 Å². The van der Waals surface area contributed by atoms with Gasteiger partial charge in [0.2, 0.25) is 5.91 Å². The average molecular weight is 337 g/mol. The molecule has 0 aliphatic carbocycles.